The Kier molecular flexibility index (Phi) is 29.8. The van der Waals surface area contributed by atoms with Crippen molar-refractivity contribution >= 4 is 162 Å². The van der Waals surface area contributed by atoms with Crippen LogP contribution in [0.15, 0.2) is 270 Å². The molecule has 7 aromatic carbocycles. The van der Waals surface area contributed by atoms with Crippen LogP contribution >= 0.6 is 47.8 Å². The van der Waals surface area contributed by atoms with Crippen molar-refractivity contribution in [3.05, 3.63) is 256 Å². The number of sulfonamides is 3. The molecule has 39 heteroatoms. The summed E-state index contributed by atoms with van der Waals surface area (Å²) in [7, 11) is -6.21. The number of sulfone groups is 1. The highest BCUT2D eigenvalue weighted by atomic mass is 79.9. The Morgan fingerprint density at radius 1 is 0.435 bits per heavy atom. The van der Waals surface area contributed by atoms with E-state index in [2.05, 4.69) is 115 Å². The Morgan fingerprint density at radius 3 is 1.15 bits per heavy atom. The van der Waals surface area contributed by atoms with Crippen molar-refractivity contribution in [3.63, 3.8) is 0 Å². The zero-order valence-electron chi connectivity index (χ0n) is 68.3. The highest BCUT2D eigenvalue weighted by Crippen LogP contribution is 2.35. The van der Waals surface area contributed by atoms with Crippen molar-refractivity contribution in [2.24, 2.45) is 5.73 Å². The Morgan fingerprint density at radius 2 is 0.782 bits per heavy atom. The first-order chi connectivity index (χ1) is 59.5. The van der Waals surface area contributed by atoms with Gasteiger partial charge in [0.05, 0.1) is 87.5 Å². The van der Waals surface area contributed by atoms with Crippen LogP contribution in [0.2, 0.25) is 0 Å². The number of aliphatic hydroxyl groups excluding tert-OH is 1. The molecule has 646 valence electrons. The van der Waals surface area contributed by atoms with E-state index in [1.54, 1.807) is 122 Å². The number of likely N-dealkylation sites (N-methyl/N-ethyl adjacent to an activating group) is 1. The number of hydrogen-bond acceptors (Lipinski definition) is 25. The van der Waals surface area contributed by atoms with Crippen LogP contribution in [0, 0.1) is 0 Å². The summed E-state index contributed by atoms with van der Waals surface area (Å²) < 4.78 is 115. The molecule has 8 aromatic heterocycles. The quantitative estimate of drug-likeness (QED) is 0.0189. The Balaban J connectivity index is 0.000000142. The molecule has 0 aliphatic carbocycles. The van der Waals surface area contributed by atoms with Crippen LogP contribution in [0.3, 0.4) is 0 Å². The van der Waals surface area contributed by atoms with Gasteiger partial charge in [-0.1, -0.05) is 97.9 Å². The number of aryl methyl sites for hydroxylation is 1. The van der Waals surface area contributed by atoms with Gasteiger partial charge in [0.25, 0.3) is 0 Å². The predicted molar refractivity (Wildman–Crippen MR) is 497 cm³/mol. The fourth-order valence-corrected chi connectivity index (χ4v) is 17.9. The van der Waals surface area contributed by atoms with Crippen molar-refractivity contribution in [1.82, 2.24) is 82.4 Å². The van der Waals surface area contributed by atoms with Crippen molar-refractivity contribution in [1.29, 1.82) is 0 Å². The molecule has 10 N–H and O–H groups in total. The van der Waals surface area contributed by atoms with Gasteiger partial charge in [-0.05, 0) is 205 Å². The fourth-order valence-electron chi connectivity index (χ4n) is 13.1. The minimum atomic E-state index is -3.58. The van der Waals surface area contributed by atoms with Crippen molar-refractivity contribution in [2.45, 2.75) is 58.2 Å². The number of nitrogens with two attached hydrogens (primary N) is 1. The summed E-state index contributed by atoms with van der Waals surface area (Å²) in [5.41, 5.74) is 17.6. The van der Waals surface area contributed by atoms with E-state index >= 15 is 0 Å². The number of hydrogen-bond donors (Lipinski definition) is 9. The molecule has 1 fully saturated rings. The van der Waals surface area contributed by atoms with Crippen molar-refractivity contribution in [3.8, 4) is 33.8 Å². The molecule has 9 heterocycles. The van der Waals surface area contributed by atoms with Crippen LogP contribution in [0.5, 0.6) is 0 Å². The van der Waals surface area contributed by atoms with Gasteiger partial charge in [0.1, 0.15) is 29.1 Å². The molecule has 1 aliphatic rings. The first-order valence-electron chi connectivity index (χ1n) is 39.3. The van der Waals surface area contributed by atoms with Crippen molar-refractivity contribution < 1.29 is 38.8 Å². The molecular weight excluding hydrogens is 1860 g/mol. The maximum absolute atomic E-state index is 12.6. The molecule has 0 unspecified atom stereocenters. The number of rotatable bonds is 30. The van der Waals surface area contributed by atoms with E-state index in [1.807, 2.05) is 159 Å². The fraction of sp³-hybridized carbons (Fsp3) is 0.224. The number of nitrogens with zero attached hydrogens (tertiary/aromatic N) is 15. The molecule has 16 rings (SSSR count). The molecule has 124 heavy (non-hydrogen) atoms. The summed E-state index contributed by atoms with van der Waals surface area (Å²) >= 11 is 10.5. The average Bonchev–Trinajstić information content (AvgIpc) is 1.62. The lowest BCUT2D eigenvalue weighted by Crippen LogP contribution is -2.32. The third kappa shape index (κ3) is 22.7. The highest BCUT2D eigenvalue weighted by Gasteiger charge is 2.28. The minimum absolute atomic E-state index is 0.0542. The van der Waals surface area contributed by atoms with E-state index in [0.717, 1.165) is 126 Å². The van der Waals surface area contributed by atoms with E-state index in [1.165, 1.54) is 18.4 Å². The second kappa shape index (κ2) is 40.7. The molecule has 32 nitrogen and oxygen atoms in total. The first kappa shape index (κ1) is 90.7. The summed E-state index contributed by atoms with van der Waals surface area (Å²) in [5, 5.41) is 40.6. The van der Waals surface area contributed by atoms with Crippen LogP contribution in [0.25, 0.3) is 56.4 Å². The van der Waals surface area contributed by atoms with Gasteiger partial charge >= 0.3 is 0 Å². The molecule has 15 aromatic rings. The number of nitrogens with one attached hydrogen (secondary N) is 7. The van der Waals surface area contributed by atoms with Gasteiger partial charge in [-0.2, -0.15) is 38.5 Å². The summed E-state index contributed by atoms with van der Waals surface area (Å²) in [6.45, 7) is 5.62. The second-order valence-electron chi connectivity index (χ2n) is 29.1. The standard InChI is InChI=1S/C24H28N6O2S.C23H25BrN6O2S.C20H19BrN6O2S.C18H20BrN5O3S/c1-4-18-17-25-30-23(16-22(28-24(18)30)19-8-6-5-7-9-19)27-20-10-12-21(13-11-20)33(31,32)26-14-15-29(2)3;1-29(2)14-6-13-26-33(31,32)19-11-9-18(10-12-19)27-22-15-21(17-7-4-3-5-8-17)28-23-20(24)16-25-30(22)23;21-17-13-23-27-19(12-18(26-20(17)27)14-4-2-1-3-5-14)25-15-6-8-16(9-7-15)30(28,29)24-11-10-22;1-28(26,27)14-6-4-12(5-7-14)21-17-9-16(23-8-2-3-13(23)11-25)22-18-15(19)10-20-24(17)18/h5-13,16-17,26-27H,4,14-15H2,1-3H3;3-5,7-12,15-16,26-27H,6,13-14H2,1-2H3;1-9,12-13,24-25H,10-11,22H2;4-7,9-10,13,21,25H,2-3,8,11H2,1H3/t;;;13-/m...1/s1. The summed E-state index contributed by atoms with van der Waals surface area (Å²) in [4.78, 5) is 25.9. The molecule has 1 atom stereocenters. The molecule has 0 spiro atoms. The van der Waals surface area contributed by atoms with Crippen molar-refractivity contribution in [2.75, 3.05) is 113 Å². The number of fused-ring (bicyclic) bond motifs is 4. The molecule has 0 amide bonds. The zero-order valence-corrected chi connectivity index (χ0v) is 76.4. The van der Waals surface area contributed by atoms with Crippen LogP contribution < -0.4 is 46.1 Å². The van der Waals surface area contributed by atoms with Gasteiger partial charge < -0.3 is 46.8 Å². The largest absolute Gasteiger partial charge is 0.394 e. The van der Waals surface area contributed by atoms with Gasteiger partial charge in [0, 0.05) is 115 Å². The van der Waals surface area contributed by atoms with Gasteiger partial charge in [0.2, 0.25) is 30.1 Å². The summed E-state index contributed by atoms with van der Waals surface area (Å²) in [6, 6.07) is 63.8. The topological polar surface area (TPSA) is 397 Å². The summed E-state index contributed by atoms with van der Waals surface area (Å²) in [5.74, 6) is 3.61. The predicted octanol–water partition coefficient (Wildman–Crippen LogP) is 13.4. The average molecular weight is 1950 g/mol. The lowest BCUT2D eigenvalue weighted by atomic mass is 10.1. The molecule has 1 saturated heterocycles. The minimum Gasteiger partial charge on any atom is -0.394 e. The third-order valence-corrected chi connectivity index (χ3v) is 26.8. The number of anilines is 9. The number of aliphatic hydroxyl groups is 1. The lowest BCUT2D eigenvalue weighted by molar-refractivity contribution is 0.266. The van der Waals surface area contributed by atoms with E-state index in [4.69, 9.17) is 25.7 Å². The van der Waals surface area contributed by atoms with Gasteiger partial charge in [0.15, 0.2) is 32.4 Å². The van der Waals surface area contributed by atoms with Crippen LogP contribution in [-0.4, -0.2) is 200 Å². The normalized spacial score (nSPS) is 13.1. The molecular formula is C85H92Br3N23O9S4. The van der Waals surface area contributed by atoms with Crippen LogP contribution in [0.1, 0.15) is 31.7 Å². The molecule has 0 radical (unpaired) electrons. The van der Waals surface area contributed by atoms with E-state index in [-0.39, 0.29) is 45.3 Å². The maximum atomic E-state index is 12.6. The third-order valence-electron chi connectivity index (χ3n) is 19.5. The Hall–Kier alpha value is -11.0. The Bertz CT molecular complexity index is 6670. The molecule has 0 bridgehead atoms. The van der Waals surface area contributed by atoms with Crippen LogP contribution in [-0.2, 0) is 46.3 Å². The molecule has 0 saturated carbocycles. The highest BCUT2D eigenvalue weighted by molar-refractivity contribution is 9.11. The number of aromatic nitrogens is 12. The number of halogens is 3. The maximum Gasteiger partial charge on any atom is 0.240 e. The van der Waals surface area contributed by atoms with E-state index in [9.17, 15) is 38.8 Å². The number of benzene rings is 7. The SMILES string of the molecule is CCc1cnn2c(Nc3ccc(S(=O)(=O)NCCN(C)C)cc3)cc(-c3ccccc3)nc12.CN(C)CCCNS(=O)(=O)c1ccc(Nc2cc(-c3ccccc3)nc3c(Br)cnn23)cc1.CS(=O)(=O)c1ccc(Nc2cc(N3CCC[C@@H]3CO)nc3c(Br)cnn23)cc1.NCCNS(=O)(=O)c1ccc(Nc2cc(-c3ccccc3)nc3c(Br)cnn23)cc1. The van der Waals surface area contributed by atoms with Gasteiger partial charge in [-0.3, -0.25) is 0 Å². The van der Waals surface area contributed by atoms with Crippen LogP contribution in [0.4, 0.5) is 51.8 Å². The van der Waals surface area contributed by atoms with Gasteiger partial charge in [-0.25, -0.2) is 67.8 Å². The van der Waals surface area contributed by atoms with E-state index < -0.39 is 39.9 Å². The second-order valence-corrected chi connectivity index (χ2v) is 39.0. The van der Waals surface area contributed by atoms with E-state index in [0.29, 0.717) is 59.7 Å². The molecule has 1 aliphatic heterocycles. The van der Waals surface area contributed by atoms with Gasteiger partial charge in [-0.15, -0.1) is 0 Å². The first-order valence-corrected chi connectivity index (χ1v) is 48.0. The lowest BCUT2D eigenvalue weighted by Gasteiger charge is -2.25. The smallest absolute Gasteiger partial charge is 0.240 e. The Labute approximate surface area is 744 Å². The zero-order chi connectivity index (χ0) is 87.9. The summed E-state index contributed by atoms with van der Waals surface area (Å²) in [6.07, 6.45) is 11.6. The monoisotopic (exact) mass is 1940 g/mol.